The highest BCUT2D eigenvalue weighted by Gasteiger charge is 2.25. The van der Waals surface area contributed by atoms with Crippen LogP contribution >= 0.6 is 0 Å². The molecule has 0 saturated carbocycles. The number of anilines is 1. The Morgan fingerprint density at radius 2 is 2.09 bits per heavy atom. The van der Waals surface area contributed by atoms with Crippen molar-refractivity contribution in [2.75, 3.05) is 18.4 Å². The summed E-state index contributed by atoms with van der Waals surface area (Å²) >= 11 is 0. The van der Waals surface area contributed by atoms with Crippen LogP contribution in [0.25, 0.3) is 0 Å². The lowest BCUT2D eigenvalue weighted by atomic mass is 10.2. The zero-order valence-corrected chi connectivity index (χ0v) is 13.0. The number of nitrogens with zero attached hydrogens (tertiary/aromatic N) is 1. The van der Waals surface area contributed by atoms with E-state index in [0.29, 0.717) is 30.9 Å². The molecule has 2 amide bonds. The fourth-order valence-electron chi connectivity index (χ4n) is 2.59. The maximum atomic E-state index is 12.3. The highest BCUT2D eigenvalue weighted by atomic mass is 16.5. The topological polar surface area (TPSA) is 61.8 Å². The van der Waals surface area contributed by atoms with E-state index in [1.807, 2.05) is 49.4 Å². The van der Waals surface area contributed by atoms with Crippen LogP contribution in [0.4, 0.5) is 10.5 Å². The Hall–Kier alpha value is -2.53. The van der Waals surface area contributed by atoms with Gasteiger partial charge in [-0.2, -0.15) is 0 Å². The van der Waals surface area contributed by atoms with Gasteiger partial charge in [-0.25, -0.2) is 4.79 Å². The lowest BCUT2D eigenvalue weighted by Gasteiger charge is -2.18. The summed E-state index contributed by atoms with van der Waals surface area (Å²) in [5.74, 6) is 1.31. The number of hydrogen-bond donors (Lipinski definition) is 2. The highest BCUT2D eigenvalue weighted by molar-refractivity contribution is 5.91. The molecule has 1 saturated heterocycles. The maximum absolute atomic E-state index is 12.3. The Balaban J connectivity index is 1.74. The molecule has 0 radical (unpaired) electrons. The fourth-order valence-corrected chi connectivity index (χ4v) is 2.59. The third kappa shape index (κ3) is 3.81. The number of ether oxygens (including phenoxy) is 1. The van der Waals surface area contributed by atoms with Gasteiger partial charge in [-0.05, 0) is 43.2 Å². The summed E-state index contributed by atoms with van der Waals surface area (Å²) in [6.45, 7) is 2.93. The van der Waals surface area contributed by atoms with Crippen molar-refractivity contribution in [1.82, 2.24) is 4.90 Å². The Bertz CT molecular complexity index is 702. The molecule has 5 heteroatoms. The first-order valence-electron chi connectivity index (χ1n) is 7.69. The number of carbonyl (C=O) groups is 1. The van der Waals surface area contributed by atoms with Crippen LogP contribution in [0, 0.1) is 6.92 Å². The number of aliphatic hydroxyl groups is 1. The Labute approximate surface area is 135 Å². The average molecular weight is 312 g/mol. The zero-order chi connectivity index (χ0) is 16.2. The number of benzene rings is 2. The number of β-amino-alcohol motifs (C(OH)–C–C–N with tert-alkyl or cyclic N) is 1. The van der Waals surface area contributed by atoms with Gasteiger partial charge in [0.2, 0.25) is 0 Å². The van der Waals surface area contributed by atoms with Crippen LogP contribution in [0.15, 0.2) is 48.5 Å². The van der Waals surface area contributed by atoms with Crippen molar-refractivity contribution in [2.24, 2.45) is 0 Å². The van der Waals surface area contributed by atoms with E-state index in [1.165, 1.54) is 0 Å². The van der Waals surface area contributed by atoms with Crippen molar-refractivity contribution in [3.05, 3.63) is 54.1 Å². The third-order valence-electron chi connectivity index (χ3n) is 3.80. The summed E-state index contributed by atoms with van der Waals surface area (Å²) < 4.78 is 5.89. The van der Waals surface area contributed by atoms with Crippen molar-refractivity contribution in [2.45, 2.75) is 19.4 Å². The average Bonchev–Trinajstić information content (AvgIpc) is 2.96. The molecule has 3 rings (SSSR count). The highest BCUT2D eigenvalue weighted by Crippen LogP contribution is 2.30. The van der Waals surface area contributed by atoms with Crippen LogP contribution in [0.1, 0.15) is 12.0 Å². The van der Waals surface area contributed by atoms with Crippen LogP contribution < -0.4 is 10.1 Å². The number of para-hydroxylation sites is 2. The van der Waals surface area contributed by atoms with Gasteiger partial charge in [0.25, 0.3) is 0 Å². The van der Waals surface area contributed by atoms with E-state index in [9.17, 15) is 9.90 Å². The number of amides is 2. The van der Waals surface area contributed by atoms with E-state index in [4.69, 9.17) is 4.74 Å². The molecule has 2 aromatic rings. The molecule has 0 spiro atoms. The zero-order valence-electron chi connectivity index (χ0n) is 13.0. The monoisotopic (exact) mass is 312 g/mol. The molecule has 23 heavy (non-hydrogen) atoms. The largest absolute Gasteiger partial charge is 0.455 e. The van der Waals surface area contributed by atoms with Crippen LogP contribution in [-0.4, -0.2) is 35.2 Å². The number of hydrogen-bond acceptors (Lipinski definition) is 3. The van der Waals surface area contributed by atoms with Crippen LogP contribution in [0.5, 0.6) is 11.5 Å². The predicted molar refractivity (Wildman–Crippen MR) is 88.9 cm³/mol. The van der Waals surface area contributed by atoms with Gasteiger partial charge in [-0.1, -0.05) is 24.3 Å². The molecule has 0 unspecified atom stereocenters. The first-order chi connectivity index (χ1) is 11.1. The first-order valence-corrected chi connectivity index (χ1v) is 7.69. The number of urea groups is 1. The summed E-state index contributed by atoms with van der Waals surface area (Å²) in [4.78, 5) is 13.9. The predicted octanol–water partition coefficient (Wildman–Crippen LogP) is 3.39. The van der Waals surface area contributed by atoms with Gasteiger partial charge in [0, 0.05) is 13.1 Å². The molecule has 1 atom stereocenters. The van der Waals surface area contributed by atoms with Crippen molar-refractivity contribution in [1.29, 1.82) is 0 Å². The van der Waals surface area contributed by atoms with Crippen molar-refractivity contribution >= 4 is 11.7 Å². The second-order valence-electron chi connectivity index (χ2n) is 5.73. The van der Waals surface area contributed by atoms with Gasteiger partial charge in [0.1, 0.15) is 5.75 Å². The van der Waals surface area contributed by atoms with E-state index < -0.39 is 6.10 Å². The summed E-state index contributed by atoms with van der Waals surface area (Å²) in [6, 6.07) is 14.8. The molecule has 120 valence electrons. The lowest BCUT2D eigenvalue weighted by Crippen LogP contribution is -2.33. The number of aliphatic hydroxyl groups excluding tert-OH is 1. The van der Waals surface area contributed by atoms with Gasteiger partial charge in [-0.3, -0.25) is 0 Å². The van der Waals surface area contributed by atoms with E-state index in [2.05, 4.69) is 5.32 Å². The molecule has 2 N–H and O–H groups in total. The number of aryl methyl sites for hydroxylation is 1. The van der Waals surface area contributed by atoms with Gasteiger partial charge >= 0.3 is 6.03 Å². The van der Waals surface area contributed by atoms with E-state index in [1.54, 1.807) is 11.0 Å². The maximum Gasteiger partial charge on any atom is 0.322 e. The fraction of sp³-hybridized carbons (Fsp3) is 0.278. The van der Waals surface area contributed by atoms with E-state index >= 15 is 0 Å². The minimum Gasteiger partial charge on any atom is -0.455 e. The van der Waals surface area contributed by atoms with Gasteiger partial charge in [0.05, 0.1) is 11.8 Å². The standard InChI is InChI=1S/C18H20N2O3/c1-13-5-4-6-15(11-13)23-17-8-3-2-7-16(17)19-18(22)20-10-9-14(21)12-20/h2-8,11,14,21H,9-10,12H2,1H3,(H,19,22)/t14-/m0/s1. The molecule has 0 bridgehead atoms. The summed E-state index contributed by atoms with van der Waals surface area (Å²) in [6.07, 6.45) is 0.189. The summed E-state index contributed by atoms with van der Waals surface area (Å²) in [5, 5.41) is 12.4. The molecule has 0 aromatic heterocycles. The summed E-state index contributed by atoms with van der Waals surface area (Å²) in [7, 11) is 0. The Kier molecular flexibility index (Phi) is 4.48. The Morgan fingerprint density at radius 3 is 2.83 bits per heavy atom. The number of rotatable bonds is 3. The molecule has 2 aromatic carbocycles. The van der Waals surface area contributed by atoms with Gasteiger partial charge < -0.3 is 20.1 Å². The minimum absolute atomic E-state index is 0.221. The number of nitrogens with one attached hydrogen (secondary N) is 1. The first kappa shape index (κ1) is 15.4. The van der Waals surface area contributed by atoms with Gasteiger partial charge in [0.15, 0.2) is 5.75 Å². The molecule has 5 nitrogen and oxygen atoms in total. The van der Waals surface area contributed by atoms with E-state index in [0.717, 1.165) is 11.3 Å². The van der Waals surface area contributed by atoms with Crippen molar-refractivity contribution in [3.63, 3.8) is 0 Å². The van der Waals surface area contributed by atoms with Crippen molar-refractivity contribution < 1.29 is 14.6 Å². The van der Waals surface area contributed by atoms with Gasteiger partial charge in [-0.15, -0.1) is 0 Å². The smallest absolute Gasteiger partial charge is 0.322 e. The molecule has 1 aliphatic rings. The van der Waals surface area contributed by atoms with Crippen LogP contribution in [-0.2, 0) is 0 Å². The lowest BCUT2D eigenvalue weighted by molar-refractivity contribution is 0.176. The van der Waals surface area contributed by atoms with Crippen molar-refractivity contribution in [3.8, 4) is 11.5 Å². The molecule has 1 aliphatic heterocycles. The Morgan fingerprint density at radius 1 is 1.26 bits per heavy atom. The normalized spacial score (nSPS) is 17.1. The summed E-state index contributed by atoms with van der Waals surface area (Å²) in [5.41, 5.74) is 1.72. The quantitative estimate of drug-likeness (QED) is 0.913. The minimum atomic E-state index is -0.431. The molecule has 1 heterocycles. The van der Waals surface area contributed by atoms with E-state index in [-0.39, 0.29) is 6.03 Å². The molecule has 1 fully saturated rings. The second kappa shape index (κ2) is 6.71. The molecular formula is C18H20N2O3. The number of carbonyl (C=O) groups excluding carboxylic acids is 1. The molecular weight excluding hydrogens is 292 g/mol. The second-order valence-corrected chi connectivity index (χ2v) is 5.73. The SMILES string of the molecule is Cc1cccc(Oc2ccccc2NC(=O)N2CC[C@H](O)C2)c1. The van der Waals surface area contributed by atoms with Crippen LogP contribution in [0.2, 0.25) is 0 Å². The number of likely N-dealkylation sites (tertiary alicyclic amines) is 1. The molecule has 0 aliphatic carbocycles. The van der Waals surface area contributed by atoms with Crippen LogP contribution in [0.3, 0.4) is 0 Å². The third-order valence-corrected chi connectivity index (χ3v) is 3.80.